The Labute approximate surface area is 124 Å². The molecule has 2 amide bonds. The van der Waals surface area contributed by atoms with Crippen molar-refractivity contribution in [1.29, 1.82) is 0 Å². The van der Waals surface area contributed by atoms with E-state index in [9.17, 15) is 9.59 Å². The Bertz CT molecular complexity index is 662. The molecule has 0 saturated heterocycles. The second-order valence-electron chi connectivity index (χ2n) is 4.58. The van der Waals surface area contributed by atoms with Crippen LogP contribution in [0, 0.1) is 6.92 Å². The standard InChI is InChI=1S/C13H13N3O2S2/c1-8-6-14-13(20-8)15-11(17)12(18)16-4-2-9-3-5-19-10(9)7-16/h3,5-6H,2,4,7H2,1H3,(H,14,15,17). The van der Waals surface area contributed by atoms with Gasteiger partial charge in [-0.05, 0) is 30.4 Å². The molecule has 2 aromatic rings. The van der Waals surface area contributed by atoms with E-state index < -0.39 is 11.8 Å². The van der Waals surface area contributed by atoms with Gasteiger partial charge in [0.25, 0.3) is 0 Å². The maximum Gasteiger partial charge on any atom is 0.315 e. The number of rotatable bonds is 1. The first-order chi connectivity index (χ1) is 9.63. The lowest BCUT2D eigenvalue weighted by molar-refractivity contribution is -0.143. The van der Waals surface area contributed by atoms with Gasteiger partial charge in [0, 0.05) is 22.5 Å². The molecule has 0 atom stereocenters. The summed E-state index contributed by atoms with van der Waals surface area (Å²) >= 11 is 2.99. The van der Waals surface area contributed by atoms with Gasteiger partial charge < -0.3 is 4.90 Å². The van der Waals surface area contributed by atoms with Crippen LogP contribution in [0.5, 0.6) is 0 Å². The molecular formula is C13H13N3O2S2. The fraction of sp³-hybridized carbons (Fsp3) is 0.308. The number of amides is 2. The molecule has 0 saturated carbocycles. The number of carbonyl (C=O) groups excluding carboxylic acids is 2. The summed E-state index contributed by atoms with van der Waals surface area (Å²) in [7, 11) is 0. The van der Waals surface area contributed by atoms with E-state index in [2.05, 4.69) is 16.4 Å². The summed E-state index contributed by atoms with van der Waals surface area (Å²) in [4.78, 5) is 31.9. The molecule has 0 bridgehead atoms. The lowest BCUT2D eigenvalue weighted by atomic mass is 10.1. The third-order valence-corrected chi connectivity index (χ3v) is 4.92. The van der Waals surface area contributed by atoms with Crippen molar-refractivity contribution in [1.82, 2.24) is 9.88 Å². The van der Waals surface area contributed by atoms with Gasteiger partial charge in [0.15, 0.2) is 5.13 Å². The Balaban J connectivity index is 1.66. The molecule has 0 radical (unpaired) electrons. The molecule has 1 aliphatic rings. The van der Waals surface area contributed by atoms with Gasteiger partial charge in [-0.15, -0.1) is 22.7 Å². The van der Waals surface area contributed by atoms with E-state index in [0.29, 0.717) is 18.2 Å². The number of nitrogens with zero attached hydrogens (tertiary/aromatic N) is 2. The second-order valence-corrected chi connectivity index (χ2v) is 6.81. The molecule has 20 heavy (non-hydrogen) atoms. The molecule has 0 spiro atoms. The zero-order valence-corrected chi connectivity index (χ0v) is 12.5. The molecule has 0 fully saturated rings. The smallest absolute Gasteiger partial charge is 0.315 e. The zero-order valence-electron chi connectivity index (χ0n) is 10.9. The summed E-state index contributed by atoms with van der Waals surface area (Å²) in [5.41, 5.74) is 1.29. The third-order valence-electron chi connectivity index (χ3n) is 3.15. The molecule has 2 aromatic heterocycles. The Kier molecular flexibility index (Phi) is 3.54. The minimum absolute atomic E-state index is 0.467. The first-order valence-corrected chi connectivity index (χ1v) is 7.91. The molecular weight excluding hydrogens is 294 g/mol. The summed E-state index contributed by atoms with van der Waals surface area (Å²) in [6, 6.07) is 2.08. The Hall–Kier alpha value is -1.73. The average molecular weight is 307 g/mol. The molecule has 3 heterocycles. The van der Waals surface area contributed by atoms with Crippen molar-refractivity contribution in [2.75, 3.05) is 11.9 Å². The lowest BCUT2D eigenvalue weighted by Crippen LogP contribution is -2.42. The van der Waals surface area contributed by atoms with Crippen LogP contribution in [0.3, 0.4) is 0 Å². The van der Waals surface area contributed by atoms with E-state index in [1.54, 1.807) is 22.4 Å². The molecule has 0 unspecified atom stereocenters. The normalized spacial score (nSPS) is 13.9. The predicted octanol–water partition coefficient (Wildman–Crippen LogP) is 2.04. The molecule has 0 aromatic carbocycles. The minimum atomic E-state index is -0.612. The van der Waals surface area contributed by atoms with E-state index in [-0.39, 0.29) is 0 Å². The van der Waals surface area contributed by atoms with Gasteiger partial charge in [-0.2, -0.15) is 0 Å². The minimum Gasteiger partial charge on any atom is -0.329 e. The number of aromatic nitrogens is 1. The van der Waals surface area contributed by atoms with E-state index >= 15 is 0 Å². The zero-order chi connectivity index (χ0) is 14.1. The van der Waals surface area contributed by atoms with Gasteiger partial charge in [-0.1, -0.05) is 0 Å². The number of carbonyl (C=O) groups is 2. The summed E-state index contributed by atoms with van der Waals surface area (Å²) in [6.07, 6.45) is 2.48. The Morgan fingerprint density at radius 1 is 1.45 bits per heavy atom. The van der Waals surface area contributed by atoms with Gasteiger partial charge in [0.1, 0.15) is 0 Å². The van der Waals surface area contributed by atoms with Crippen LogP contribution in [0.4, 0.5) is 5.13 Å². The summed E-state index contributed by atoms with van der Waals surface area (Å²) < 4.78 is 0. The van der Waals surface area contributed by atoms with Crippen molar-refractivity contribution in [3.8, 4) is 0 Å². The Morgan fingerprint density at radius 3 is 3.05 bits per heavy atom. The number of thiophene rings is 1. The van der Waals surface area contributed by atoms with E-state index in [1.807, 2.05) is 12.3 Å². The lowest BCUT2D eigenvalue weighted by Gasteiger charge is -2.26. The SMILES string of the molecule is Cc1cnc(NC(=O)C(=O)N2CCc3ccsc3C2)s1. The van der Waals surface area contributed by atoms with Gasteiger partial charge in [-0.25, -0.2) is 4.98 Å². The summed E-state index contributed by atoms with van der Waals surface area (Å²) in [5.74, 6) is -1.10. The topological polar surface area (TPSA) is 62.3 Å². The number of fused-ring (bicyclic) bond motifs is 1. The van der Waals surface area contributed by atoms with Crippen LogP contribution in [0.25, 0.3) is 0 Å². The summed E-state index contributed by atoms with van der Waals surface area (Å²) in [5, 5.41) is 5.05. The fourth-order valence-corrected chi connectivity index (χ4v) is 3.72. The van der Waals surface area contributed by atoms with E-state index in [1.165, 1.54) is 21.8 Å². The molecule has 0 aliphatic carbocycles. The van der Waals surface area contributed by atoms with Crippen molar-refractivity contribution >= 4 is 39.6 Å². The van der Waals surface area contributed by atoms with Crippen LogP contribution in [0.1, 0.15) is 15.3 Å². The number of anilines is 1. The highest BCUT2D eigenvalue weighted by molar-refractivity contribution is 7.15. The average Bonchev–Trinajstić information content (AvgIpc) is 3.05. The van der Waals surface area contributed by atoms with Crippen molar-refractivity contribution in [2.24, 2.45) is 0 Å². The van der Waals surface area contributed by atoms with Crippen molar-refractivity contribution in [3.63, 3.8) is 0 Å². The number of aryl methyl sites for hydroxylation is 1. The van der Waals surface area contributed by atoms with Gasteiger partial charge >= 0.3 is 11.8 Å². The maximum absolute atomic E-state index is 12.1. The van der Waals surface area contributed by atoms with Crippen molar-refractivity contribution in [2.45, 2.75) is 19.9 Å². The number of hydrogen-bond acceptors (Lipinski definition) is 5. The van der Waals surface area contributed by atoms with Crippen LogP contribution in [-0.4, -0.2) is 28.2 Å². The molecule has 104 valence electrons. The van der Waals surface area contributed by atoms with Crippen LogP contribution in [-0.2, 0) is 22.6 Å². The van der Waals surface area contributed by atoms with Gasteiger partial charge in [0.2, 0.25) is 0 Å². The third kappa shape index (κ3) is 2.59. The van der Waals surface area contributed by atoms with Crippen LogP contribution < -0.4 is 5.32 Å². The highest BCUT2D eigenvalue weighted by Crippen LogP contribution is 2.24. The van der Waals surface area contributed by atoms with Gasteiger partial charge in [0.05, 0.1) is 6.54 Å². The van der Waals surface area contributed by atoms with Crippen LogP contribution in [0.2, 0.25) is 0 Å². The second kappa shape index (κ2) is 5.34. The predicted molar refractivity (Wildman–Crippen MR) is 78.9 cm³/mol. The van der Waals surface area contributed by atoms with Crippen LogP contribution in [0.15, 0.2) is 17.6 Å². The number of nitrogens with one attached hydrogen (secondary N) is 1. The quantitative estimate of drug-likeness (QED) is 0.820. The first kappa shape index (κ1) is 13.3. The molecule has 3 rings (SSSR count). The fourth-order valence-electron chi connectivity index (χ4n) is 2.12. The highest BCUT2D eigenvalue weighted by Gasteiger charge is 2.26. The largest absolute Gasteiger partial charge is 0.329 e. The van der Waals surface area contributed by atoms with Crippen molar-refractivity contribution in [3.05, 3.63) is 33.0 Å². The van der Waals surface area contributed by atoms with E-state index in [4.69, 9.17) is 0 Å². The number of hydrogen-bond donors (Lipinski definition) is 1. The first-order valence-electron chi connectivity index (χ1n) is 6.21. The molecule has 1 N–H and O–H groups in total. The molecule has 5 nitrogen and oxygen atoms in total. The summed E-state index contributed by atoms with van der Waals surface area (Å²) in [6.45, 7) is 3.02. The van der Waals surface area contributed by atoms with E-state index in [0.717, 1.165) is 11.3 Å². The Morgan fingerprint density at radius 2 is 2.30 bits per heavy atom. The van der Waals surface area contributed by atoms with Crippen molar-refractivity contribution < 1.29 is 9.59 Å². The maximum atomic E-state index is 12.1. The monoisotopic (exact) mass is 307 g/mol. The number of thiazole rings is 1. The van der Waals surface area contributed by atoms with Crippen LogP contribution >= 0.6 is 22.7 Å². The molecule has 7 heteroatoms. The highest BCUT2D eigenvalue weighted by atomic mass is 32.1. The van der Waals surface area contributed by atoms with Gasteiger partial charge in [-0.3, -0.25) is 14.9 Å². The molecule has 1 aliphatic heterocycles.